The minimum absolute atomic E-state index is 0.148. The van der Waals surface area contributed by atoms with Gasteiger partial charge in [-0.3, -0.25) is 10.1 Å². The molecule has 0 saturated carbocycles. The molecular weight excluding hydrogens is 420 g/mol. The summed E-state index contributed by atoms with van der Waals surface area (Å²) in [7, 11) is 0. The smallest absolute Gasteiger partial charge is 0.334 e. The van der Waals surface area contributed by atoms with E-state index in [0.29, 0.717) is 49.3 Å². The summed E-state index contributed by atoms with van der Waals surface area (Å²) >= 11 is 0. The number of rotatable bonds is 5. The Morgan fingerprint density at radius 2 is 1.58 bits per heavy atom. The highest BCUT2D eigenvalue weighted by Crippen LogP contribution is 2.33. The fourth-order valence-electron chi connectivity index (χ4n) is 3.91. The fourth-order valence-corrected chi connectivity index (χ4v) is 3.91. The SMILES string of the molecule is Cc1nc(N2CCOCC2)nc(-n2nc(-c3ccccc3)cc2-c2ccccc2)c1[N+](=O)[O-]. The van der Waals surface area contributed by atoms with Gasteiger partial charge in [0, 0.05) is 24.2 Å². The van der Waals surface area contributed by atoms with E-state index in [2.05, 4.69) is 9.97 Å². The van der Waals surface area contributed by atoms with Crippen LogP contribution < -0.4 is 4.90 Å². The third-order valence-electron chi connectivity index (χ3n) is 5.55. The van der Waals surface area contributed by atoms with Crippen LogP contribution in [-0.2, 0) is 4.74 Å². The maximum atomic E-state index is 12.1. The van der Waals surface area contributed by atoms with Crippen LogP contribution in [0.4, 0.5) is 11.6 Å². The summed E-state index contributed by atoms with van der Waals surface area (Å²) in [6.45, 7) is 4.00. The molecule has 3 heterocycles. The van der Waals surface area contributed by atoms with Crippen LogP contribution in [0.1, 0.15) is 5.69 Å². The predicted molar refractivity (Wildman–Crippen MR) is 124 cm³/mol. The summed E-state index contributed by atoms with van der Waals surface area (Å²) < 4.78 is 7.00. The third-order valence-corrected chi connectivity index (χ3v) is 5.55. The summed E-state index contributed by atoms with van der Waals surface area (Å²) in [5.41, 5.74) is 3.34. The van der Waals surface area contributed by atoms with E-state index in [0.717, 1.165) is 11.1 Å². The van der Waals surface area contributed by atoms with E-state index in [1.807, 2.05) is 71.6 Å². The third kappa shape index (κ3) is 4.06. The maximum absolute atomic E-state index is 12.1. The average Bonchev–Trinajstić information content (AvgIpc) is 3.30. The lowest BCUT2D eigenvalue weighted by Gasteiger charge is -2.27. The minimum atomic E-state index is -0.438. The van der Waals surface area contributed by atoms with Crippen LogP contribution in [0.5, 0.6) is 0 Å². The number of aryl methyl sites for hydroxylation is 1. The van der Waals surface area contributed by atoms with E-state index in [1.54, 1.807) is 11.6 Å². The molecule has 9 heteroatoms. The van der Waals surface area contributed by atoms with Crippen LogP contribution in [0.3, 0.4) is 0 Å². The van der Waals surface area contributed by atoms with Gasteiger partial charge in [0.1, 0.15) is 5.69 Å². The number of morpholine rings is 1. The molecule has 166 valence electrons. The molecule has 0 amide bonds. The molecule has 2 aromatic carbocycles. The number of nitro groups is 1. The normalized spacial score (nSPS) is 13.8. The van der Waals surface area contributed by atoms with Gasteiger partial charge in [-0.05, 0) is 13.0 Å². The molecule has 33 heavy (non-hydrogen) atoms. The number of nitrogens with zero attached hydrogens (tertiary/aromatic N) is 6. The van der Waals surface area contributed by atoms with Crippen molar-refractivity contribution in [1.82, 2.24) is 19.7 Å². The molecule has 0 radical (unpaired) electrons. The largest absolute Gasteiger partial charge is 0.378 e. The number of hydrogen-bond donors (Lipinski definition) is 0. The topological polar surface area (TPSA) is 99.2 Å². The lowest BCUT2D eigenvalue weighted by Crippen LogP contribution is -2.37. The van der Waals surface area contributed by atoms with E-state index in [1.165, 1.54) is 0 Å². The Kier molecular flexibility index (Phi) is 5.54. The molecule has 0 aliphatic carbocycles. The monoisotopic (exact) mass is 442 g/mol. The lowest BCUT2D eigenvalue weighted by molar-refractivity contribution is -0.385. The number of benzene rings is 2. The Bertz CT molecular complexity index is 1280. The first kappa shape index (κ1) is 20.8. The van der Waals surface area contributed by atoms with Crippen molar-refractivity contribution in [3.8, 4) is 28.3 Å². The van der Waals surface area contributed by atoms with E-state index < -0.39 is 4.92 Å². The van der Waals surface area contributed by atoms with Crippen LogP contribution in [0.2, 0.25) is 0 Å². The van der Waals surface area contributed by atoms with Crippen molar-refractivity contribution >= 4 is 11.6 Å². The van der Waals surface area contributed by atoms with Crippen LogP contribution in [0.25, 0.3) is 28.3 Å². The molecule has 2 aromatic heterocycles. The number of ether oxygens (including phenoxy) is 1. The van der Waals surface area contributed by atoms with Crippen molar-refractivity contribution in [3.63, 3.8) is 0 Å². The zero-order chi connectivity index (χ0) is 22.8. The number of aromatic nitrogens is 4. The van der Waals surface area contributed by atoms with Crippen LogP contribution >= 0.6 is 0 Å². The molecule has 0 atom stereocenters. The zero-order valence-corrected chi connectivity index (χ0v) is 18.1. The van der Waals surface area contributed by atoms with E-state index in [-0.39, 0.29) is 11.5 Å². The van der Waals surface area contributed by atoms with Gasteiger partial charge >= 0.3 is 5.69 Å². The summed E-state index contributed by atoms with van der Waals surface area (Å²) in [6, 6.07) is 21.3. The van der Waals surface area contributed by atoms with Crippen molar-refractivity contribution in [1.29, 1.82) is 0 Å². The van der Waals surface area contributed by atoms with Crippen molar-refractivity contribution in [2.24, 2.45) is 0 Å². The highest BCUT2D eigenvalue weighted by atomic mass is 16.6. The first-order valence-corrected chi connectivity index (χ1v) is 10.7. The summed E-state index contributed by atoms with van der Waals surface area (Å²) in [6.07, 6.45) is 0. The summed E-state index contributed by atoms with van der Waals surface area (Å²) in [4.78, 5) is 22.7. The highest BCUT2D eigenvalue weighted by Gasteiger charge is 2.28. The fraction of sp³-hybridized carbons (Fsp3) is 0.208. The van der Waals surface area contributed by atoms with Gasteiger partial charge in [-0.25, -0.2) is 9.67 Å². The first-order valence-electron chi connectivity index (χ1n) is 10.7. The Labute approximate surface area is 190 Å². The molecule has 1 fully saturated rings. The van der Waals surface area contributed by atoms with Crippen LogP contribution in [0.15, 0.2) is 66.7 Å². The van der Waals surface area contributed by atoms with Gasteiger partial charge < -0.3 is 9.64 Å². The van der Waals surface area contributed by atoms with E-state index in [4.69, 9.17) is 9.84 Å². The second-order valence-corrected chi connectivity index (χ2v) is 7.70. The minimum Gasteiger partial charge on any atom is -0.378 e. The van der Waals surface area contributed by atoms with Crippen molar-refractivity contribution in [3.05, 3.63) is 82.5 Å². The molecule has 0 unspecified atom stereocenters. The standard InChI is InChI=1S/C24H22N6O3/c1-17-22(30(31)32)23(26-24(25-17)28-12-14-33-15-13-28)29-21(19-10-6-3-7-11-19)16-20(27-29)18-8-4-2-5-9-18/h2-11,16H,12-15H2,1H3. The van der Waals surface area contributed by atoms with Crippen molar-refractivity contribution in [2.45, 2.75) is 6.92 Å². The molecule has 5 rings (SSSR count). The molecule has 0 bridgehead atoms. The summed E-state index contributed by atoms with van der Waals surface area (Å²) in [5.74, 6) is 0.585. The van der Waals surface area contributed by atoms with Gasteiger partial charge in [-0.2, -0.15) is 10.1 Å². The van der Waals surface area contributed by atoms with Gasteiger partial charge in [-0.15, -0.1) is 0 Å². The highest BCUT2D eigenvalue weighted by molar-refractivity contribution is 5.71. The second-order valence-electron chi connectivity index (χ2n) is 7.70. The maximum Gasteiger partial charge on any atom is 0.334 e. The van der Waals surface area contributed by atoms with E-state index in [9.17, 15) is 10.1 Å². The quantitative estimate of drug-likeness (QED) is 0.340. The average molecular weight is 442 g/mol. The molecule has 4 aromatic rings. The number of anilines is 1. The van der Waals surface area contributed by atoms with Gasteiger partial charge in [0.2, 0.25) is 11.8 Å². The molecular formula is C24H22N6O3. The molecule has 1 aliphatic rings. The van der Waals surface area contributed by atoms with Gasteiger partial charge in [0.05, 0.1) is 29.5 Å². The molecule has 9 nitrogen and oxygen atoms in total. The Morgan fingerprint density at radius 3 is 2.21 bits per heavy atom. The Balaban J connectivity index is 1.74. The summed E-state index contributed by atoms with van der Waals surface area (Å²) in [5, 5.41) is 16.9. The zero-order valence-electron chi connectivity index (χ0n) is 18.1. The Hall–Kier alpha value is -4.11. The van der Waals surface area contributed by atoms with Crippen LogP contribution in [-0.4, -0.2) is 51.0 Å². The Morgan fingerprint density at radius 1 is 0.939 bits per heavy atom. The predicted octanol–water partition coefficient (Wildman–Crippen LogP) is 4.05. The van der Waals surface area contributed by atoms with E-state index >= 15 is 0 Å². The molecule has 0 spiro atoms. The molecule has 0 N–H and O–H groups in total. The van der Waals surface area contributed by atoms with Gasteiger partial charge in [0.15, 0.2) is 0 Å². The first-order chi connectivity index (χ1) is 16.1. The van der Waals surface area contributed by atoms with Crippen molar-refractivity contribution in [2.75, 3.05) is 31.2 Å². The van der Waals surface area contributed by atoms with Gasteiger partial charge in [0.25, 0.3) is 0 Å². The van der Waals surface area contributed by atoms with Crippen LogP contribution in [0, 0.1) is 17.0 Å². The molecule has 1 saturated heterocycles. The lowest BCUT2D eigenvalue weighted by atomic mass is 10.1. The van der Waals surface area contributed by atoms with Gasteiger partial charge in [-0.1, -0.05) is 60.7 Å². The molecule has 1 aliphatic heterocycles. The van der Waals surface area contributed by atoms with Crippen molar-refractivity contribution < 1.29 is 9.66 Å². The number of hydrogen-bond acceptors (Lipinski definition) is 7. The second kappa shape index (κ2) is 8.79.